The van der Waals surface area contributed by atoms with Gasteiger partial charge in [0, 0.05) is 18.2 Å². The van der Waals surface area contributed by atoms with Crippen LogP contribution >= 0.6 is 0 Å². The Kier molecular flexibility index (Phi) is 5.18. The van der Waals surface area contributed by atoms with Gasteiger partial charge in [0.05, 0.1) is 6.54 Å². The highest BCUT2D eigenvalue weighted by Gasteiger charge is 2.38. The van der Waals surface area contributed by atoms with E-state index in [2.05, 4.69) is 10.6 Å². The smallest absolute Gasteiger partial charge is 0.325 e. The number of fused-ring (bicyclic) bond motifs is 2. The van der Waals surface area contributed by atoms with Crippen LogP contribution in [-0.4, -0.2) is 48.8 Å². The van der Waals surface area contributed by atoms with Gasteiger partial charge in [-0.15, -0.1) is 0 Å². The van der Waals surface area contributed by atoms with Crippen LogP contribution in [0.2, 0.25) is 0 Å². The molecule has 0 aromatic heterocycles. The van der Waals surface area contributed by atoms with Crippen LogP contribution in [0.5, 0.6) is 23.0 Å². The molecule has 10 heteroatoms. The third kappa shape index (κ3) is 3.98. The summed E-state index contributed by atoms with van der Waals surface area (Å²) in [5, 5.41) is 5.43. The number of nitrogens with zero attached hydrogens (tertiary/aromatic N) is 1. The van der Waals surface area contributed by atoms with Crippen molar-refractivity contribution in [3.8, 4) is 23.0 Å². The van der Waals surface area contributed by atoms with Crippen LogP contribution in [0.25, 0.3) is 0 Å². The Morgan fingerprint density at radius 2 is 1.69 bits per heavy atom. The first-order valence-corrected chi connectivity index (χ1v) is 10.3. The van der Waals surface area contributed by atoms with Crippen molar-refractivity contribution in [2.45, 2.75) is 25.4 Å². The zero-order valence-electron chi connectivity index (χ0n) is 17.1. The molecule has 3 aliphatic heterocycles. The molecule has 0 saturated carbocycles. The zero-order valence-corrected chi connectivity index (χ0v) is 17.1. The van der Waals surface area contributed by atoms with Gasteiger partial charge in [-0.05, 0) is 36.2 Å². The lowest BCUT2D eigenvalue weighted by Crippen LogP contribution is -2.31. The van der Waals surface area contributed by atoms with Gasteiger partial charge in [0.1, 0.15) is 19.3 Å². The Morgan fingerprint density at radius 1 is 0.969 bits per heavy atom. The lowest BCUT2D eigenvalue weighted by molar-refractivity contribution is -0.128. The summed E-state index contributed by atoms with van der Waals surface area (Å²) >= 11 is 0. The Bertz CT molecular complexity index is 1090. The number of imide groups is 1. The van der Waals surface area contributed by atoms with Gasteiger partial charge >= 0.3 is 6.03 Å². The van der Waals surface area contributed by atoms with E-state index in [4.69, 9.17) is 18.9 Å². The maximum Gasteiger partial charge on any atom is 0.325 e. The number of carbonyl (C=O) groups is 3. The van der Waals surface area contributed by atoms with Gasteiger partial charge in [0.25, 0.3) is 5.91 Å². The van der Waals surface area contributed by atoms with Crippen LogP contribution in [0.4, 0.5) is 10.5 Å². The highest BCUT2D eigenvalue weighted by molar-refractivity contribution is 6.04. The molecule has 166 valence electrons. The van der Waals surface area contributed by atoms with E-state index in [1.165, 1.54) is 0 Å². The van der Waals surface area contributed by atoms with Crippen LogP contribution in [0.15, 0.2) is 36.4 Å². The van der Waals surface area contributed by atoms with Crippen LogP contribution in [0.1, 0.15) is 18.4 Å². The van der Waals surface area contributed by atoms with E-state index in [0.29, 0.717) is 41.9 Å². The summed E-state index contributed by atoms with van der Waals surface area (Å²) in [6.07, 6.45) is 0.265. The number of carbonyl (C=O) groups excluding carboxylic acids is 3. The van der Waals surface area contributed by atoms with Crippen molar-refractivity contribution in [2.75, 3.05) is 25.3 Å². The number of ether oxygens (including phenoxy) is 4. The molecule has 1 atom stereocenters. The van der Waals surface area contributed by atoms with Gasteiger partial charge in [0.2, 0.25) is 12.7 Å². The van der Waals surface area contributed by atoms with E-state index in [-0.39, 0.29) is 38.0 Å². The van der Waals surface area contributed by atoms with Gasteiger partial charge in [-0.1, -0.05) is 6.07 Å². The highest BCUT2D eigenvalue weighted by Crippen LogP contribution is 2.34. The second-order valence-corrected chi connectivity index (χ2v) is 7.56. The first-order chi connectivity index (χ1) is 15.6. The molecule has 1 saturated heterocycles. The van der Waals surface area contributed by atoms with Crippen LogP contribution in [-0.2, 0) is 16.1 Å². The summed E-state index contributed by atoms with van der Waals surface area (Å²) in [7, 11) is 0. The first-order valence-electron chi connectivity index (χ1n) is 10.3. The molecule has 5 rings (SSSR count). The molecule has 2 aromatic rings. The molecule has 2 aromatic carbocycles. The minimum Gasteiger partial charge on any atom is -0.486 e. The predicted molar refractivity (Wildman–Crippen MR) is 111 cm³/mol. The van der Waals surface area contributed by atoms with Gasteiger partial charge in [-0.2, -0.15) is 0 Å². The molecule has 32 heavy (non-hydrogen) atoms. The van der Waals surface area contributed by atoms with Crippen LogP contribution in [0.3, 0.4) is 0 Å². The molecule has 10 nitrogen and oxygen atoms in total. The van der Waals surface area contributed by atoms with Crippen molar-refractivity contribution in [1.29, 1.82) is 0 Å². The molecule has 3 heterocycles. The van der Waals surface area contributed by atoms with E-state index in [9.17, 15) is 14.4 Å². The van der Waals surface area contributed by atoms with Crippen LogP contribution < -0.4 is 29.6 Å². The zero-order chi connectivity index (χ0) is 22.1. The molecule has 0 spiro atoms. The van der Waals surface area contributed by atoms with Gasteiger partial charge in [-0.3, -0.25) is 14.5 Å². The van der Waals surface area contributed by atoms with E-state index in [1.54, 1.807) is 36.4 Å². The molecule has 1 fully saturated rings. The minimum absolute atomic E-state index is 0.0724. The Labute approximate surface area is 183 Å². The van der Waals surface area contributed by atoms with Crippen molar-refractivity contribution in [3.63, 3.8) is 0 Å². The number of amides is 4. The number of hydrogen-bond acceptors (Lipinski definition) is 7. The van der Waals surface area contributed by atoms with Crippen molar-refractivity contribution in [3.05, 3.63) is 42.0 Å². The summed E-state index contributed by atoms with van der Waals surface area (Å²) in [6.45, 7) is 1.21. The maximum atomic E-state index is 12.7. The summed E-state index contributed by atoms with van der Waals surface area (Å²) in [5.41, 5.74) is 1.32. The molecular formula is C22H21N3O7. The monoisotopic (exact) mass is 439 g/mol. The fourth-order valence-corrected chi connectivity index (χ4v) is 3.76. The molecule has 4 amide bonds. The molecule has 0 aliphatic carbocycles. The first kappa shape index (κ1) is 20.0. The average Bonchev–Trinajstić information content (AvgIpc) is 3.37. The lowest BCUT2D eigenvalue weighted by atomic mass is 10.1. The summed E-state index contributed by atoms with van der Waals surface area (Å²) in [5.74, 6) is 1.80. The molecule has 0 bridgehead atoms. The Hall–Kier alpha value is -3.95. The van der Waals surface area contributed by atoms with Gasteiger partial charge < -0.3 is 29.6 Å². The Balaban J connectivity index is 1.15. The number of rotatable bonds is 6. The fourth-order valence-electron chi connectivity index (χ4n) is 3.76. The van der Waals surface area contributed by atoms with Crippen molar-refractivity contribution >= 4 is 23.5 Å². The number of hydrogen-bond donors (Lipinski definition) is 2. The largest absolute Gasteiger partial charge is 0.486 e. The topological polar surface area (TPSA) is 115 Å². The molecule has 0 unspecified atom stereocenters. The van der Waals surface area contributed by atoms with Crippen molar-refractivity contribution < 1.29 is 33.3 Å². The van der Waals surface area contributed by atoms with Gasteiger partial charge in [-0.25, -0.2) is 4.79 Å². The van der Waals surface area contributed by atoms with E-state index < -0.39 is 12.1 Å². The summed E-state index contributed by atoms with van der Waals surface area (Å²) in [6, 6.07) is 9.20. The normalized spacial score (nSPS) is 18.5. The molecular weight excluding hydrogens is 418 g/mol. The van der Waals surface area contributed by atoms with E-state index in [0.717, 1.165) is 10.5 Å². The van der Waals surface area contributed by atoms with E-state index >= 15 is 0 Å². The SMILES string of the molecule is O=C(CC[C@@H]1NC(=O)N(Cc2ccc3c(c2)OCO3)C1=O)Nc1ccc2c(c1)OCCO2. The third-order valence-corrected chi connectivity index (χ3v) is 5.37. The fraction of sp³-hybridized carbons (Fsp3) is 0.318. The molecule has 0 radical (unpaired) electrons. The van der Waals surface area contributed by atoms with Crippen molar-refractivity contribution in [1.82, 2.24) is 10.2 Å². The average molecular weight is 439 g/mol. The minimum atomic E-state index is -0.748. The second kappa shape index (κ2) is 8.29. The standard InChI is InChI=1S/C22H21N3O7/c26-20(23-14-2-5-16-19(10-14)30-8-7-29-16)6-3-15-21(27)25(22(28)24-15)11-13-1-4-17-18(9-13)32-12-31-17/h1-2,4-5,9-10,15H,3,6-8,11-12H2,(H,23,26)(H,24,28)/t15-/m0/s1. The Morgan fingerprint density at radius 3 is 2.56 bits per heavy atom. The number of nitrogens with one attached hydrogen (secondary N) is 2. The lowest BCUT2D eigenvalue weighted by Gasteiger charge is -2.19. The second-order valence-electron chi connectivity index (χ2n) is 7.56. The summed E-state index contributed by atoms with van der Waals surface area (Å²) < 4.78 is 21.6. The number of benzene rings is 2. The van der Waals surface area contributed by atoms with Crippen molar-refractivity contribution in [2.24, 2.45) is 0 Å². The number of anilines is 1. The molecule has 2 N–H and O–H groups in total. The van der Waals surface area contributed by atoms with Gasteiger partial charge in [0.15, 0.2) is 23.0 Å². The predicted octanol–water partition coefficient (Wildman–Crippen LogP) is 2.03. The van der Waals surface area contributed by atoms with E-state index in [1.807, 2.05) is 0 Å². The quantitative estimate of drug-likeness (QED) is 0.662. The maximum absolute atomic E-state index is 12.7. The molecule has 3 aliphatic rings. The third-order valence-electron chi connectivity index (χ3n) is 5.37. The van der Waals surface area contributed by atoms with Crippen LogP contribution in [0, 0.1) is 0 Å². The highest BCUT2D eigenvalue weighted by atomic mass is 16.7. The number of urea groups is 1. The summed E-state index contributed by atoms with van der Waals surface area (Å²) in [4.78, 5) is 38.5.